The summed E-state index contributed by atoms with van der Waals surface area (Å²) in [4.78, 5) is 0.348. The molecule has 1 aromatic carbocycles. The highest BCUT2D eigenvalue weighted by Crippen LogP contribution is 2.20. The van der Waals surface area contributed by atoms with Gasteiger partial charge in [0.1, 0.15) is 0 Å². The van der Waals surface area contributed by atoms with Crippen LogP contribution in [0.5, 0.6) is 0 Å². The van der Waals surface area contributed by atoms with E-state index >= 15 is 0 Å². The van der Waals surface area contributed by atoms with E-state index in [1.165, 1.54) is 6.42 Å². The fraction of sp³-hybridized carbons (Fsp3) is 0.538. The summed E-state index contributed by atoms with van der Waals surface area (Å²) in [6.07, 6.45) is 3.16. The maximum Gasteiger partial charge on any atom is 0.240 e. The first kappa shape index (κ1) is 15.0. The lowest BCUT2D eigenvalue weighted by Gasteiger charge is -2.12. The third-order valence-corrected chi connectivity index (χ3v) is 5.48. The van der Waals surface area contributed by atoms with Crippen molar-refractivity contribution in [1.29, 1.82) is 0 Å². The van der Waals surface area contributed by atoms with Crippen molar-refractivity contribution in [3.8, 4) is 0 Å². The predicted octanol–water partition coefficient (Wildman–Crippen LogP) is 2.18. The zero-order chi connectivity index (χ0) is 13.9. The van der Waals surface area contributed by atoms with E-state index in [0.717, 1.165) is 29.4 Å². The smallest absolute Gasteiger partial charge is 0.240 e. The molecular weight excluding hydrogens is 328 g/mol. The summed E-state index contributed by atoms with van der Waals surface area (Å²) in [6.45, 7) is 3.33. The van der Waals surface area contributed by atoms with Crippen LogP contribution in [0.4, 0.5) is 0 Å². The monoisotopic (exact) mass is 346 g/mol. The topological polar surface area (TPSA) is 58.2 Å². The van der Waals surface area contributed by atoms with Crippen molar-refractivity contribution in [3.05, 3.63) is 28.2 Å². The van der Waals surface area contributed by atoms with Crippen molar-refractivity contribution in [2.45, 2.75) is 37.1 Å². The molecule has 0 bridgehead atoms. The number of halogens is 1. The summed E-state index contributed by atoms with van der Waals surface area (Å²) in [5.74, 6) is 0. The van der Waals surface area contributed by atoms with E-state index in [4.69, 9.17) is 0 Å². The van der Waals surface area contributed by atoms with Crippen LogP contribution in [0, 0.1) is 6.92 Å². The molecule has 4 nitrogen and oxygen atoms in total. The first-order valence-corrected chi connectivity index (χ1v) is 8.76. The Kier molecular flexibility index (Phi) is 5.00. The number of nitrogens with one attached hydrogen (secondary N) is 2. The SMILES string of the molecule is Cc1ccc(Br)cc1S(=O)(=O)NCC[C@@H]1CCCN1. The van der Waals surface area contributed by atoms with E-state index in [1.54, 1.807) is 19.1 Å². The van der Waals surface area contributed by atoms with Crippen molar-refractivity contribution >= 4 is 26.0 Å². The van der Waals surface area contributed by atoms with Gasteiger partial charge in [-0.25, -0.2) is 13.1 Å². The van der Waals surface area contributed by atoms with E-state index in [0.29, 0.717) is 17.5 Å². The Morgan fingerprint density at radius 3 is 2.95 bits per heavy atom. The lowest BCUT2D eigenvalue weighted by atomic mass is 10.2. The van der Waals surface area contributed by atoms with Gasteiger partial charge in [-0.3, -0.25) is 0 Å². The van der Waals surface area contributed by atoms with Crippen molar-refractivity contribution in [1.82, 2.24) is 10.0 Å². The average Bonchev–Trinajstić information content (AvgIpc) is 2.85. The number of hydrogen-bond acceptors (Lipinski definition) is 3. The van der Waals surface area contributed by atoms with Crippen molar-refractivity contribution in [2.75, 3.05) is 13.1 Å². The molecule has 0 radical (unpaired) electrons. The molecular formula is C13H19BrN2O2S. The number of sulfonamides is 1. The van der Waals surface area contributed by atoms with Crippen LogP contribution in [-0.2, 0) is 10.0 Å². The molecule has 0 aliphatic carbocycles. The van der Waals surface area contributed by atoms with Crippen LogP contribution in [0.15, 0.2) is 27.6 Å². The predicted molar refractivity (Wildman–Crippen MR) is 79.7 cm³/mol. The van der Waals surface area contributed by atoms with Crippen LogP contribution in [0.1, 0.15) is 24.8 Å². The van der Waals surface area contributed by atoms with Crippen molar-refractivity contribution in [3.63, 3.8) is 0 Å². The van der Waals surface area contributed by atoms with Crippen LogP contribution in [0.3, 0.4) is 0 Å². The van der Waals surface area contributed by atoms with Gasteiger partial charge < -0.3 is 5.32 Å². The average molecular weight is 347 g/mol. The molecule has 1 atom stereocenters. The van der Waals surface area contributed by atoms with Crippen LogP contribution < -0.4 is 10.0 Å². The highest BCUT2D eigenvalue weighted by Gasteiger charge is 2.18. The molecule has 106 valence electrons. The minimum atomic E-state index is -3.41. The molecule has 0 spiro atoms. The Hall–Kier alpha value is -0.430. The molecule has 1 aliphatic rings. The molecule has 2 N–H and O–H groups in total. The van der Waals surface area contributed by atoms with E-state index in [9.17, 15) is 8.42 Å². The molecule has 1 aliphatic heterocycles. The minimum Gasteiger partial charge on any atom is -0.314 e. The van der Waals surface area contributed by atoms with E-state index in [-0.39, 0.29) is 0 Å². The highest BCUT2D eigenvalue weighted by molar-refractivity contribution is 9.10. The fourth-order valence-corrected chi connectivity index (χ4v) is 4.14. The van der Waals surface area contributed by atoms with Gasteiger partial charge in [0.05, 0.1) is 4.90 Å². The molecule has 1 aromatic rings. The van der Waals surface area contributed by atoms with Gasteiger partial charge in [-0.05, 0) is 50.4 Å². The lowest BCUT2D eigenvalue weighted by Crippen LogP contribution is -2.31. The Morgan fingerprint density at radius 1 is 1.47 bits per heavy atom. The Bertz CT molecular complexity index is 540. The maximum atomic E-state index is 12.2. The van der Waals surface area contributed by atoms with Crippen LogP contribution >= 0.6 is 15.9 Å². The lowest BCUT2D eigenvalue weighted by molar-refractivity contribution is 0.539. The summed E-state index contributed by atoms with van der Waals surface area (Å²) in [5.41, 5.74) is 0.759. The molecule has 19 heavy (non-hydrogen) atoms. The number of aryl methyl sites for hydroxylation is 1. The summed E-state index contributed by atoms with van der Waals surface area (Å²) in [5, 5.41) is 3.36. The van der Waals surface area contributed by atoms with Crippen LogP contribution in [0.2, 0.25) is 0 Å². The van der Waals surface area contributed by atoms with Gasteiger partial charge in [-0.1, -0.05) is 22.0 Å². The van der Waals surface area contributed by atoms with Crippen molar-refractivity contribution in [2.24, 2.45) is 0 Å². The molecule has 2 rings (SSSR count). The summed E-state index contributed by atoms with van der Waals surface area (Å²) in [7, 11) is -3.41. The van der Waals surface area contributed by atoms with E-state index in [1.807, 2.05) is 6.07 Å². The van der Waals surface area contributed by atoms with Gasteiger partial charge in [0.15, 0.2) is 0 Å². The summed E-state index contributed by atoms with van der Waals surface area (Å²) in [6, 6.07) is 5.74. The maximum absolute atomic E-state index is 12.2. The van der Waals surface area contributed by atoms with E-state index < -0.39 is 10.0 Å². The highest BCUT2D eigenvalue weighted by atomic mass is 79.9. The quantitative estimate of drug-likeness (QED) is 0.858. The molecule has 0 aromatic heterocycles. The normalized spacial score (nSPS) is 19.8. The molecule has 1 heterocycles. The minimum absolute atomic E-state index is 0.348. The van der Waals surface area contributed by atoms with Crippen molar-refractivity contribution < 1.29 is 8.42 Å². The molecule has 0 unspecified atom stereocenters. The molecule has 0 amide bonds. The van der Waals surface area contributed by atoms with Gasteiger partial charge in [0.25, 0.3) is 0 Å². The number of benzene rings is 1. The first-order chi connectivity index (χ1) is 8.99. The first-order valence-electron chi connectivity index (χ1n) is 6.48. The molecule has 1 fully saturated rings. The molecule has 1 saturated heterocycles. The second-order valence-corrected chi connectivity index (χ2v) is 7.54. The standard InChI is InChI=1S/C13H19BrN2O2S/c1-10-4-5-11(14)9-13(10)19(17,18)16-8-6-12-3-2-7-15-12/h4-5,9,12,15-16H,2-3,6-8H2,1H3/t12-/m0/s1. The van der Waals surface area contributed by atoms with Crippen LogP contribution in [0.25, 0.3) is 0 Å². The van der Waals surface area contributed by atoms with Gasteiger partial charge in [0, 0.05) is 17.1 Å². The Labute approximate surface area is 123 Å². The fourth-order valence-electron chi connectivity index (χ4n) is 2.31. The van der Waals surface area contributed by atoms with Crippen LogP contribution in [-0.4, -0.2) is 27.5 Å². The summed E-state index contributed by atoms with van der Waals surface area (Å²) < 4.78 is 27.9. The van der Waals surface area contributed by atoms with Gasteiger partial charge in [-0.2, -0.15) is 0 Å². The third kappa shape index (κ3) is 4.02. The molecule has 6 heteroatoms. The zero-order valence-corrected chi connectivity index (χ0v) is 13.4. The summed E-state index contributed by atoms with van der Waals surface area (Å²) >= 11 is 3.31. The second kappa shape index (κ2) is 6.35. The van der Waals surface area contributed by atoms with Gasteiger partial charge >= 0.3 is 0 Å². The Balaban J connectivity index is 1.99. The zero-order valence-electron chi connectivity index (χ0n) is 10.9. The Morgan fingerprint density at radius 2 is 2.26 bits per heavy atom. The largest absolute Gasteiger partial charge is 0.314 e. The van der Waals surface area contributed by atoms with E-state index in [2.05, 4.69) is 26.0 Å². The third-order valence-electron chi connectivity index (χ3n) is 3.39. The second-order valence-electron chi connectivity index (χ2n) is 4.89. The number of hydrogen-bond donors (Lipinski definition) is 2. The number of rotatable bonds is 5. The van der Waals surface area contributed by atoms with Gasteiger partial charge in [0.2, 0.25) is 10.0 Å². The molecule has 0 saturated carbocycles. The van der Waals surface area contributed by atoms with Gasteiger partial charge in [-0.15, -0.1) is 0 Å².